The fourth-order valence-electron chi connectivity index (χ4n) is 4.34. The van der Waals surface area contributed by atoms with Crippen molar-refractivity contribution in [2.24, 2.45) is 0 Å². The highest BCUT2D eigenvalue weighted by molar-refractivity contribution is 7.99. The van der Waals surface area contributed by atoms with E-state index in [1.54, 1.807) is 0 Å². The van der Waals surface area contributed by atoms with Crippen molar-refractivity contribution in [3.8, 4) is 11.1 Å². The molecule has 1 aliphatic rings. The van der Waals surface area contributed by atoms with E-state index in [-0.39, 0.29) is 11.8 Å². The van der Waals surface area contributed by atoms with E-state index in [0.29, 0.717) is 31.0 Å². The van der Waals surface area contributed by atoms with Crippen molar-refractivity contribution < 1.29 is 9.59 Å². The van der Waals surface area contributed by atoms with E-state index in [9.17, 15) is 9.59 Å². The van der Waals surface area contributed by atoms with Gasteiger partial charge in [-0.2, -0.15) is 11.8 Å². The molecule has 0 saturated heterocycles. The number of rotatable bonds is 6. The summed E-state index contributed by atoms with van der Waals surface area (Å²) in [4.78, 5) is 31.7. The van der Waals surface area contributed by atoms with Crippen molar-refractivity contribution in [1.82, 2.24) is 15.2 Å². The largest absolute Gasteiger partial charge is 0.351 e. The summed E-state index contributed by atoms with van der Waals surface area (Å²) >= 11 is 1.51. The lowest BCUT2D eigenvalue weighted by molar-refractivity contribution is -0.118. The Kier molecular flexibility index (Phi) is 7.14. The quantitative estimate of drug-likeness (QED) is 0.588. The van der Waals surface area contributed by atoms with Crippen LogP contribution < -0.4 is 5.32 Å². The van der Waals surface area contributed by atoms with Crippen molar-refractivity contribution in [2.75, 3.05) is 18.6 Å². The van der Waals surface area contributed by atoms with Gasteiger partial charge in [-0.05, 0) is 66.5 Å². The van der Waals surface area contributed by atoms with Gasteiger partial charge in [-0.25, -0.2) is 0 Å². The second-order valence-corrected chi connectivity index (χ2v) is 9.33. The van der Waals surface area contributed by atoms with Crippen LogP contribution >= 0.6 is 11.8 Å². The molecule has 6 heteroatoms. The van der Waals surface area contributed by atoms with Crippen LogP contribution in [0.5, 0.6) is 0 Å². The van der Waals surface area contributed by atoms with E-state index in [0.717, 1.165) is 34.4 Å². The Morgan fingerprint density at radius 3 is 2.61 bits per heavy atom. The van der Waals surface area contributed by atoms with Gasteiger partial charge >= 0.3 is 0 Å². The number of aromatic nitrogens is 1. The molecule has 3 aromatic rings. The zero-order valence-corrected chi connectivity index (χ0v) is 20.2. The molecule has 0 aliphatic carbocycles. The van der Waals surface area contributed by atoms with E-state index in [4.69, 9.17) is 0 Å². The van der Waals surface area contributed by atoms with Gasteiger partial charge in [-0.15, -0.1) is 0 Å². The highest BCUT2D eigenvalue weighted by atomic mass is 32.2. The third-order valence-corrected chi connectivity index (χ3v) is 6.63. The van der Waals surface area contributed by atoms with Crippen molar-refractivity contribution >= 4 is 23.6 Å². The zero-order chi connectivity index (χ0) is 23.4. The molecule has 33 heavy (non-hydrogen) atoms. The second-order valence-electron chi connectivity index (χ2n) is 8.46. The van der Waals surface area contributed by atoms with Crippen LogP contribution in [0.15, 0.2) is 54.7 Å². The molecule has 1 aliphatic heterocycles. The second kappa shape index (κ2) is 10.2. The molecule has 0 saturated carbocycles. The van der Waals surface area contributed by atoms with Crippen LogP contribution in [-0.2, 0) is 24.3 Å². The maximum absolute atomic E-state index is 13.3. The van der Waals surface area contributed by atoms with Crippen LogP contribution in [0.4, 0.5) is 0 Å². The zero-order valence-electron chi connectivity index (χ0n) is 19.4. The Bertz CT molecular complexity index is 1190. The van der Waals surface area contributed by atoms with Gasteiger partial charge in [0.15, 0.2) is 0 Å². The van der Waals surface area contributed by atoms with Gasteiger partial charge in [-0.1, -0.05) is 42.0 Å². The first-order valence-corrected chi connectivity index (χ1v) is 12.5. The highest BCUT2D eigenvalue weighted by Gasteiger charge is 2.25. The number of nitrogens with one attached hydrogen (secondary N) is 1. The summed E-state index contributed by atoms with van der Waals surface area (Å²) in [6.45, 7) is 5.71. The number of nitrogens with zero attached hydrogens (tertiary/aromatic N) is 2. The summed E-state index contributed by atoms with van der Waals surface area (Å²) in [7, 11) is 0. The summed E-state index contributed by atoms with van der Waals surface area (Å²) < 4.78 is 0. The highest BCUT2D eigenvalue weighted by Crippen LogP contribution is 2.26. The number of fused-ring (bicyclic) bond motifs is 1. The third kappa shape index (κ3) is 5.28. The standard InChI is InChI=1S/C27H29N3O2S/c1-18-6-4-7-20(12-18)21-8-5-9-22(13-21)27(32)30-11-10-24-23(16-30)14-28-19(2)25(24)15-29-26(31)17-33-3/h4-9,12-14H,10-11,15-17H2,1-3H3,(H,29,31). The summed E-state index contributed by atoms with van der Waals surface area (Å²) in [5.41, 5.74) is 8.33. The molecule has 4 rings (SSSR count). The molecule has 5 nitrogen and oxygen atoms in total. The van der Waals surface area contributed by atoms with Crippen LogP contribution in [-0.4, -0.2) is 40.3 Å². The molecule has 170 valence electrons. The molecule has 2 aromatic carbocycles. The molecule has 0 spiro atoms. The minimum atomic E-state index is 0.0283. The molecule has 1 aromatic heterocycles. The van der Waals surface area contributed by atoms with Gasteiger partial charge in [0.2, 0.25) is 5.91 Å². The molecule has 0 atom stereocenters. The molecule has 0 unspecified atom stereocenters. The van der Waals surface area contributed by atoms with Crippen LogP contribution in [0.3, 0.4) is 0 Å². The molecular weight excluding hydrogens is 430 g/mol. The Balaban J connectivity index is 1.52. The lowest BCUT2D eigenvalue weighted by Gasteiger charge is -2.30. The predicted molar refractivity (Wildman–Crippen MR) is 134 cm³/mol. The monoisotopic (exact) mass is 459 g/mol. The maximum atomic E-state index is 13.3. The van der Waals surface area contributed by atoms with Crippen LogP contribution in [0.2, 0.25) is 0 Å². The van der Waals surface area contributed by atoms with E-state index in [1.807, 2.05) is 54.6 Å². The average molecular weight is 460 g/mol. The fourth-order valence-corrected chi connectivity index (χ4v) is 4.70. The van der Waals surface area contributed by atoms with Crippen LogP contribution in [0, 0.1) is 13.8 Å². The number of benzene rings is 2. The fraction of sp³-hybridized carbons (Fsp3) is 0.296. The van der Waals surface area contributed by atoms with Gasteiger partial charge in [0.05, 0.1) is 5.75 Å². The number of carbonyl (C=O) groups excluding carboxylic acids is 2. The SMILES string of the molecule is CSCC(=O)NCc1c(C)ncc2c1CCN(C(=O)c1cccc(-c3cccc(C)c3)c1)C2. The first-order chi connectivity index (χ1) is 16.0. The Hall–Kier alpha value is -3.12. The Morgan fingerprint density at radius 2 is 1.85 bits per heavy atom. The molecule has 0 fully saturated rings. The summed E-state index contributed by atoms with van der Waals surface area (Å²) in [6.07, 6.45) is 4.55. The average Bonchev–Trinajstić information content (AvgIpc) is 2.83. The molecular formula is C27H29N3O2S. The molecule has 0 bridgehead atoms. The molecule has 2 amide bonds. The normalized spacial score (nSPS) is 12.9. The van der Waals surface area contributed by atoms with Crippen LogP contribution in [0.1, 0.15) is 38.3 Å². The van der Waals surface area contributed by atoms with Crippen molar-refractivity contribution in [1.29, 1.82) is 0 Å². The summed E-state index contributed by atoms with van der Waals surface area (Å²) in [5.74, 6) is 0.511. The topological polar surface area (TPSA) is 62.3 Å². The number of carbonyl (C=O) groups is 2. The predicted octanol–water partition coefficient (Wildman–Crippen LogP) is 4.54. The van der Waals surface area contributed by atoms with E-state index in [2.05, 4.69) is 35.4 Å². The minimum absolute atomic E-state index is 0.0283. The number of thioether (sulfide) groups is 1. The smallest absolute Gasteiger partial charge is 0.254 e. The number of pyridine rings is 1. The first kappa shape index (κ1) is 23.1. The number of hydrogen-bond acceptors (Lipinski definition) is 4. The van der Waals surface area contributed by atoms with Gasteiger partial charge in [0, 0.05) is 37.1 Å². The lowest BCUT2D eigenvalue weighted by Crippen LogP contribution is -2.37. The lowest BCUT2D eigenvalue weighted by atomic mass is 9.94. The minimum Gasteiger partial charge on any atom is -0.351 e. The van der Waals surface area contributed by atoms with Gasteiger partial charge in [0.25, 0.3) is 5.91 Å². The molecule has 0 radical (unpaired) electrons. The van der Waals surface area contributed by atoms with E-state index in [1.165, 1.54) is 22.9 Å². The van der Waals surface area contributed by atoms with E-state index < -0.39 is 0 Å². The summed E-state index contributed by atoms with van der Waals surface area (Å²) in [5, 5.41) is 3.00. The third-order valence-electron chi connectivity index (χ3n) is 6.08. The van der Waals surface area contributed by atoms with Crippen LogP contribution in [0.25, 0.3) is 11.1 Å². The van der Waals surface area contributed by atoms with Crippen molar-refractivity contribution in [3.05, 3.63) is 88.2 Å². The maximum Gasteiger partial charge on any atom is 0.254 e. The molecule has 2 heterocycles. The first-order valence-electron chi connectivity index (χ1n) is 11.1. The summed E-state index contributed by atoms with van der Waals surface area (Å²) in [6, 6.07) is 16.2. The van der Waals surface area contributed by atoms with Crippen molar-refractivity contribution in [3.63, 3.8) is 0 Å². The number of hydrogen-bond donors (Lipinski definition) is 1. The Labute approximate surface area is 199 Å². The van der Waals surface area contributed by atoms with Gasteiger partial charge < -0.3 is 10.2 Å². The van der Waals surface area contributed by atoms with E-state index >= 15 is 0 Å². The van der Waals surface area contributed by atoms with Crippen molar-refractivity contribution in [2.45, 2.75) is 33.4 Å². The molecule has 1 N–H and O–H groups in total. The van der Waals surface area contributed by atoms with Gasteiger partial charge in [-0.3, -0.25) is 14.6 Å². The van der Waals surface area contributed by atoms with Gasteiger partial charge in [0.1, 0.15) is 0 Å². The number of aryl methyl sites for hydroxylation is 2. The Morgan fingerprint density at radius 1 is 1.09 bits per heavy atom. The number of amides is 2.